The van der Waals surface area contributed by atoms with Crippen LogP contribution in [0, 0.1) is 19.7 Å². The monoisotopic (exact) mass is 624 g/mol. The first-order chi connectivity index (χ1) is 21.5. The summed E-state index contributed by atoms with van der Waals surface area (Å²) in [5.41, 5.74) is 5.68. The zero-order valence-electron chi connectivity index (χ0n) is 25.9. The highest BCUT2D eigenvalue weighted by atomic mass is 35.5. The van der Waals surface area contributed by atoms with E-state index in [4.69, 9.17) is 11.6 Å². The molecule has 1 amide bonds. The minimum atomic E-state index is -0.580. The highest BCUT2D eigenvalue weighted by Gasteiger charge is 2.42. The molecular weight excluding hydrogens is 591 g/mol. The fourth-order valence-electron chi connectivity index (χ4n) is 7.35. The number of benzene rings is 2. The highest BCUT2D eigenvalue weighted by Crippen LogP contribution is 2.46. The zero-order valence-corrected chi connectivity index (χ0v) is 26.7. The standard InChI is InChI=1S/C35H34ClFN6O2/c1-7-27(44)41-16-21-12-23-33(42(21)15-20(41)6)22-13-25(36)29(28-18(4)8-9-26-24(28)14-39-40-26)30(37)34(22)43(35(23)45)32-19(5)10-11-38-31(32)17(2)3/h7-11,13-14,17,20-21H,1,12,15-16H2,2-6H3,(H,39,40). The Bertz CT molecular complexity index is 2130. The van der Waals surface area contributed by atoms with Crippen molar-refractivity contribution in [2.45, 2.75) is 59.0 Å². The number of pyridine rings is 2. The summed E-state index contributed by atoms with van der Waals surface area (Å²) in [5, 5.41) is 8.71. The Morgan fingerprint density at radius 1 is 1.13 bits per heavy atom. The van der Waals surface area contributed by atoms with Crippen LogP contribution in [0.5, 0.6) is 0 Å². The molecular formula is C35H34ClFN6O2. The molecule has 2 aliphatic heterocycles. The largest absolute Gasteiger partial charge is 0.363 e. The summed E-state index contributed by atoms with van der Waals surface area (Å²) in [6.45, 7) is 14.4. The van der Waals surface area contributed by atoms with Crippen molar-refractivity contribution >= 4 is 45.0 Å². The average Bonchev–Trinajstić information content (AvgIpc) is 3.63. The van der Waals surface area contributed by atoms with Crippen LogP contribution in [-0.2, 0) is 11.2 Å². The van der Waals surface area contributed by atoms with E-state index in [0.717, 1.165) is 22.0 Å². The van der Waals surface area contributed by atoms with Crippen molar-refractivity contribution in [3.63, 3.8) is 0 Å². The van der Waals surface area contributed by atoms with Crippen molar-refractivity contribution in [3.05, 3.63) is 92.9 Å². The van der Waals surface area contributed by atoms with Crippen LogP contribution in [0.4, 0.5) is 10.1 Å². The number of piperazine rings is 1. The number of amides is 1. The highest BCUT2D eigenvalue weighted by molar-refractivity contribution is 6.35. The zero-order chi connectivity index (χ0) is 31.9. The van der Waals surface area contributed by atoms with Crippen LogP contribution in [-0.4, -0.2) is 55.7 Å². The second-order valence-electron chi connectivity index (χ2n) is 12.6. The number of H-pyrrole nitrogens is 1. The van der Waals surface area contributed by atoms with E-state index in [1.165, 1.54) is 10.6 Å². The smallest absolute Gasteiger partial charge is 0.261 e. The van der Waals surface area contributed by atoms with Gasteiger partial charge >= 0.3 is 0 Å². The van der Waals surface area contributed by atoms with Gasteiger partial charge in [-0.15, -0.1) is 0 Å². The fraction of sp³-hybridized carbons (Fsp3) is 0.314. The van der Waals surface area contributed by atoms with Gasteiger partial charge in [0.2, 0.25) is 5.91 Å². The molecule has 1 saturated heterocycles. The molecule has 5 aromatic rings. The first kappa shape index (κ1) is 29.2. The third kappa shape index (κ3) is 4.24. The summed E-state index contributed by atoms with van der Waals surface area (Å²) in [4.78, 5) is 36.1. The number of aryl methyl sites for hydroxylation is 2. The molecule has 2 atom stereocenters. The number of aromatic nitrogens is 4. The molecule has 0 saturated carbocycles. The maximum Gasteiger partial charge on any atom is 0.261 e. The predicted octanol–water partition coefficient (Wildman–Crippen LogP) is 6.61. The second kappa shape index (κ2) is 10.5. The van der Waals surface area contributed by atoms with E-state index >= 15 is 4.39 Å². The molecule has 2 unspecified atom stereocenters. The summed E-state index contributed by atoms with van der Waals surface area (Å²) in [7, 11) is 0. The molecule has 3 aromatic heterocycles. The lowest BCUT2D eigenvalue weighted by molar-refractivity contribution is -0.128. The summed E-state index contributed by atoms with van der Waals surface area (Å²) in [5.74, 6) is -0.753. The number of carbonyl (C=O) groups excluding carboxylic acids is 1. The van der Waals surface area contributed by atoms with Crippen LogP contribution in [0.3, 0.4) is 0 Å². The molecule has 45 heavy (non-hydrogen) atoms. The van der Waals surface area contributed by atoms with Crippen LogP contribution >= 0.6 is 11.6 Å². The molecule has 10 heteroatoms. The van der Waals surface area contributed by atoms with Gasteiger partial charge in [-0.05, 0) is 62.1 Å². The third-order valence-corrected chi connectivity index (χ3v) is 9.75. The lowest BCUT2D eigenvalue weighted by Crippen LogP contribution is -2.57. The summed E-state index contributed by atoms with van der Waals surface area (Å²) in [6.07, 6.45) is 5.14. The first-order valence-corrected chi connectivity index (χ1v) is 15.6. The Balaban J connectivity index is 1.61. The van der Waals surface area contributed by atoms with Gasteiger partial charge in [0.05, 0.1) is 45.4 Å². The van der Waals surface area contributed by atoms with E-state index in [1.54, 1.807) is 23.4 Å². The van der Waals surface area contributed by atoms with Crippen LogP contribution in [0.1, 0.15) is 49.1 Å². The molecule has 5 heterocycles. The number of carbonyl (C=O) groups is 1. The number of hydrogen-bond donors (Lipinski definition) is 1. The molecule has 0 bridgehead atoms. The van der Waals surface area contributed by atoms with E-state index in [0.29, 0.717) is 53.1 Å². The minimum Gasteiger partial charge on any atom is -0.363 e. The quantitative estimate of drug-likeness (QED) is 0.227. The van der Waals surface area contributed by atoms with E-state index in [2.05, 4.69) is 26.7 Å². The molecule has 7 rings (SSSR count). The fourth-order valence-corrected chi connectivity index (χ4v) is 7.64. The topological polar surface area (TPSA) is 87.1 Å². The van der Waals surface area contributed by atoms with Crippen molar-refractivity contribution in [1.29, 1.82) is 0 Å². The Hall–Kier alpha value is -4.50. The Labute approximate surface area is 265 Å². The van der Waals surface area contributed by atoms with Gasteiger partial charge in [0.15, 0.2) is 5.82 Å². The van der Waals surface area contributed by atoms with Gasteiger partial charge in [-0.2, -0.15) is 5.10 Å². The number of rotatable bonds is 4. The molecule has 0 aliphatic carbocycles. The Kier molecular flexibility index (Phi) is 6.85. The van der Waals surface area contributed by atoms with Gasteiger partial charge in [0.1, 0.15) is 0 Å². The number of nitrogens with one attached hydrogen (secondary N) is 1. The average molecular weight is 625 g/mol. The minimum absolute atomic E-state index is 0.0301. The van der Waals surface area contributed by atoms with Gasteiger partial charge in [0.25, 0.3) is 5.56 Å². The van der Waals surface area contributed by atoms with Crippen LogP contribution < -0.4 is 10.5 Å². The first-order valence-electron chi connectivity index (χ1n) is 15.2. The second-order valence-corrected chi connectivity index (χ2v) is 13.0. The van der Waals surface area contributed by atoms with Crippen LogP contribution in [0.2, 0.25) is 5.02 Å². The number of hydrogen-bond acceptors (Lipinski definition) is 5. The lowest BCUT2D eigenvalue weighted by atomic mass is 9.94. The molecule has 1 fully saturated rings. The molecule has 2 aromatic carbocycles. The van der Waals surface area contributed by atoms with Crippen molar-refractivity contribution < 1.29 is 9.18 Å². The Morgan fingerprint density at radius 3 is 2.64 bits per heavy atom. The number of aromatic amines is 1. The number of nitrogens with zero attached hydrogens (tertiary/aromatic N) is 5. The molecule has 2 aliphatic rings. The molecule has 0 spiro atoms. The van der Waals surface area contributed by atoms with E-state index in [1.807, 2.05) is 52.8 Å². The maximum atomic E-state index is 17.6. The van der Waals surface area contributed by atoms with Crippen LogP contribution in [0.25, 0.3) is 38.6 Å². The summed E-state index contributed by atoms with van der Waals surface area (Å²) in [6, 6.07) is 7.19. The van der Waals surface area contributed by atoms with E-state index in [-0.39, 0.29) is 45.6 Å². The maximum absolute atomic E-state index is 17.6. The SMILES string of the molecule is C=CC(=O)N1CC2Cc3c(c4cc(Cl)c(-c5c(C)ccc6[nH]ncc56)c(F)c4n(-c4c(C)ccnc4C(C)C)c3=O)N2CC1C. The number of anilines is 1. The Morgan fingerprint density at radius 2 is 1.91 bits per heavy atom. The van der Waals surface area contributed by atoms with Crippen molar-refractivity contribution in [2.75, 3.05) is 18.0 Å². The number of fused-ring (bicyclic) bond motifs is 6. The van der Waals surface area contributed by atoms with Gasteiger partial charge in [0, 0.05) is 59.2 Å². The summed E-state index contributed by atoms with van der Waals surface area (Å²) < 4.78 is 19.2. The van der Waals surface area contributed by atoms with Crippen molar-refractivity contribution in [3.8, 4) is 16.8 Å². The number of halogens is 2. The van der Waals surface area contributed by atoms with Gasteiger partial charge in [-0.1, -0.05) is 38.1 Å². The van der Waals surface area contributed by atoms with Gasteiger partial charge in [-0.3, -0.25) is 24.2 Å². The van der Waals surface area contributed by atoms with Crippen molar-refractivity contribution in [2.24, 2.45) is 0 Å². The lowest BCUT2D eigenvalue weighted by Gasteiger charge is -2.43. The predicted molar refractivity (Wildman–Crippen MR) is 177 cm³/mol. The molecule has 1 N–H and O–H groups in total. The normalized spacial score (nSPS) is 17.8. The molecule has 8 nitrogen and oxygen atoms in total. The van der Waals surface area contributed by atoms with E-state index < -0.39 is 5.82 Å². The van der Waals surface area contributed by atoms with Crippen molar-refractivity contribution in [1.82, 2.24) is 24.6 Å². The summed E-state index contributed by atoms with van der Waals surface area (Å²) >= 11 is 7.07. The third-order valence-electron chi connectivity index (χ3n) is 9.45. The molecule has 0 radical (unpaired) electrons. The van der Waals surface area contributed by atoms with Crippen LogP contribution in [0.15, 0.2) is 54.1 Å². The molecule has 230 valence electrons. The van der Waals surface area contributed by atoms with E-state index in [9.17, 15) is 9.59 Å². The van der Waals surface area contributed by atoms with Gasteiger partial charge in [-0.25, -0.2) is 4.39 Å². The van der Waals surface area contributed by atoms with Gasteiger partial charge < -0.3 is 9.80 Å².